The summed E-state index contributed by atoms with van der Waals surface area (Å²) in [4.78, 5) is 16.0. The van der Waals surface area contributed by atoms with Gasteiger partial charge in [0.15, 0.2) is 23.7 Å². The van der Waals surface area contributed by atoms with Crippen LogP contribution < -0.4 is 31.0 Å². The molecule has 5 N–H and O–H groups in total. The van der Waals surface area contributed by atoms with Gasteiger partial charge < -0.3 is 30.4 Å². The first-order chi connectivity index (χ1) is 11.9. The molecule has 0 fully saturated rings. The highest BCUT2D eigenvalue weighted by Gasteiger charge is 2.24. The summed E-state index contributed by atoms with van der Waals surface area (Å²) in [6.07, 6.45) is 0.238. The zero-order valence-electron chi connectivity index (χ0n) is 14.5. The molecule has 1 heterocycles. The Morgan fingerprint density at radius 3 is 2.32 bits per heavy atom. The Balaban J connectivity index is 2.46. The van der Waals surface area contributed by atoms with E-state index in [0.29, 0.717) is 22.8 Å². The van der Waals surface area contributed by atoms with Crippen LogP contribution in [0.1, 0.15) is 12.5 Å². The van der Waals surface area contributed by atoms with Gasteiger partial charge in [-0.25, -0.2) is 4.99 Å². The Kier molecular flexibility index (Phi) is 5.84. The number of hydrogen-bond acceptors (Lipinski definition) is 8. The van der Waals surface area contributed by atoms with Crippen LogP contribution in [0.25, 0.3) is 6.08 Å². The summed E-state index contributed by atoms with van der Waals surface area (Å²) in [6.45, 7) is 1.74. The number of carbonyl (C=O) groups excluding carboxylic acids is 1. The Labute approximate surface area is 145 Å². The summed E-state index contributed by atoms with van der Waals surface area (Å²) >= 11 is 0. The average Bonchev–Trinajstić information content (AvgIpc) is 2.58. The van der Waals surface area contributed by atoms with Crippen LogP contribution in [0.15, 0.2) is 22.7 Å². The van der Waals surface area contributed by atoms with E-state index in [-0.39, 0.29) is 11.5 Å². The van der Waals surface area contributed by atoms with Gasteiger partial charge >= 0.3 is 0 Å². The highest BCUT2D eigenvalue weighted by molar-refractivity contribution is 6.10. The van der Waals surface area contributed by atoms with Crippen LogP contribution in [-0.4, -0.2) is 45.7 Å². The number of rotatable bonds is 6. The lowest BCUT2D eigenvalue weighted by Crippen LogP contribution is -2.47. The molecular weight excluding hydrogens is 328 g/mol. The van der Waals surface area contributed by atoms with E-state index in [2.05, 4.69) is 10.3 Å². The summed E-state index contributed by atoms with van der Waals surface area (Å²) in [5.74, 6) is 0.806. The number of guanidine groups is 1. The molecule has 1 aliphatic rings. The van der Waals surface area contributed by atoms with Crippen LogP contribution in [0.5, 0.6) is 17.2 Å². The Morgan fingerprint density at radius 1 is 1.24 bits per heavy atom. The Morgan fingerprint density at radius 2 is 1.84 bits per heavy atom. The molecule has 9 nitrogen and oxygen atoms in total. The van der Waals surface area contributed by atoms with Gasteiger partial charge in [-0.2, -0.15) is 0 Å². The Bertz CT molecular complexity index is 691. The molecule has 0 saturated heterocycles. The molecule has 0 saturated carbocycles. The number of aliphatic imine (C=N–C) groups is 1. The maximum Gasteiger partial charge on any atom is 0.257 e. The maximum atomic E-state index is 12.1. The van der Waals surface area contributed by atoms with Crippen LogP contribution in [-0.2, 0) is 9.53 Å². The van der Waals surface area contributed by atoms with E-state index in [1.165, 1.54) is 21.3 Å². The molecule has 0 spiro atoms. The van der Waals surface area contributed by atoms with Crippen LogP contribution in [0.4, 0.5) is 0 Å². The quantitative estimate of drug-likeness (QED) is 0.493. The van der Waals surface area contributed by atoms with Crippen molar-refractivity contribution < 1.29 is 23.7 Å². The number of nitrogens with one attached hydrogen (secondary N) is 1. The predicted octanol–water partition coefficient (Wildman–Crippen LogP) is 0.188. The zero-order chi connectivity index (χ0) is 18.6. The second kappa shape index (κ2) is 7.86. The number of carbonyl (C=O) groups is 1. The molecule has 1 aromatic rings. The van der Waals surface area contributed by atoms with Crippen molar-refractivity contribution in [3.05, 3.63) is 23.3 Å². The van der Waals surface area contributed by atoms with Crippen molar-refractivity contribution in [2.24, 2.45) is 16.5 Å². The van der Waals surface area contributed by atoms with Gasteiger partial charge in [0, 0.05) is 7.11 Å². The van der Waals surface area contributed by atoms with Crippen LogP contribution in [0, 0.1) is 0 Å². The molecule has 136 valence electrons. The fraction of sp³-hybridized carbons (Fsp3) is 0.375. The van der Waals surface area contributed by atoms with E-state index in [4.69, 9.17) is 30.4 Å². The standard InChI is InChI=1S/C16H22N4O5/c1-8(22-2)25-13-11(23-3)6-9(7-12(13)24-4)5-10-14(17)19-16(18)20-15(10)21/h5-8,14H,17H2,1-4H3,(H3,18,19,20,21). The maximum absolute atomic E-state index is 12.1. The minimum Gasteiger partial charge on any atom is -0.493 e. The fourth-order valence-electron chi connectivity index (χ4n) is 2.22. The Hall–Kier alpha value is -2.78. The average molecular weight is 350 g/mol. The van der Waals surface area contributed by atoms with Crippen molar-refractivity contribution in [3.63, 3.8) is 0 Å². The molecule has 9 heteroatoms. The smallest absolute Gasteiger partial charge is 0.257 e. The molecule has 0 aromatic heterocycles. The lowest BCUT2D eigenvalue weighted by Gasteiger charge is -2.20. The normalized spacial score (nSPS) is 19.9. The van der Waals surface area contributed by atoms with Gasteiger partial charge in [0.25, 0.3) is 5.91 Å². The third kappa shape index (κ3) is 4.20. The first kappa shape index (κ1) is 18.6. The van der Waals surface area contributed by atoms with Crippen molar-refractivity contribution in [1.29, 1.82) is 0 Å². The van der Waals surface area contributed by atoms with Gasteiger partial charge in [0.1, 0.15) is 6.17 Å². The number of methoxy groups -OCH3 is 3. The third-order valence-electron chi connectivity index (χ3n) is 3.52. The fourth-order valence-corrected chi connectivity index (χ4v) is 2.22. The minimum atomic E-state index is -0.852. The lowest BCUT2D eigenvalue weighted by molar-refractivity contribution is -0.116. The minimum absolute atomic E-state index is 0.0119. The summed E-state index contributed by atoms with van der Waals surface area (Å²) in [7, 11) is 4.53. The van der Waals surface area contributed by atoms with E-state index in [1.54, 1.807) is 25.1 Å². The van der Waals surface area contributed by atoms with E-state index >= 15 is 0 Å². The second-order valence-corrected chi connectivity index (χ2v) is 5.19. The summed E-state index contributed by atoms with van der Waals surface area (Å²) in [6, 6.07) is 3.38. The van der Waals surface area contributed by atoms with Crippen LogP contribution in [0.3, 0.4) is 0 Å². The molecule has 2 atom stereocenters. The molecule has 0 bridgehead atoms. The molecule has 1 aliphatic heterocycles. The number of nitrogens with zero attached hydrogens (tertiary/aromatic N) is 1. The molecule has 1 amide bonds. The zero-order valence-corrected chi connectivity index (χ0v) is 14.5. The molecule has 1 aromatic carbocycles. The second-order valence-electron chi connectivity index (χ2n) is 5.19. The SMILES string of the molecule is COc1cc(C=C2C(=O)NC(N)=NC2N)cc(OC)c1OC(C)OC. The van der Waals surface area contributed by atoms with Gasteiger partial charge in [0.05, 0.1) is 19.8 Å². The van der Waals surface area contributed by atoms with E-state index in [0.717, 1.165) is 0 Å². The first-order valence-corrected chi connectivity index (χ1v) is 7.46. The van der Waals surface area contributed by atoms with E-state index in [9.17, 15) is 4.79 Å². The number of nitrogens with two attached hydrogens (primary N) is 2. The molecule has 2 rings (SSSR count). The van der Waals surface area contributed by atoms with Crippen molar-refractivity contribution in [3.8, 4) is 17.2 Å². The molecule has 2 unspecified atom stereocenters. The predicted molar refractivity (Wildman–Crippen MR) is 92.4 cm³/mol. The monoisotopic (exact) mass is 350 g/mol. The van der Waals surface area contributed by atoms with Gasteiger partial charge in [-0.1, -0.05) is 0 Å². The van der Waals surface area contributed by atoms with Gasteiger partial charge in [0.2, 0.25) is 5.75 Å². The van der Waals surface area contributed by atoms with Crippen LogP contribution >= 0.6 is 0 Å². The number of ether oxygens (including phenoxy) is 4. The summed E-state index contributed by atoms with van der Waals surface area (Å²) < 4.78 is 21.5. The third-order valence-corrected chi connectivity index (χ3v) is 3.52. The number of benzene rings is 1. The highest BCUT2D eigenvalue weighted by atomic mass is 16.7. The van der Waals surface area contributed by atoms with Crippen molar-refractivity contribution in [1.82, 2.24) is 5.32 Å². The van der Waals surface area contributed by atoms with Gasteiger partial charge in [-0.05, 0) is 30.7 Å². The topological polar surface area (TPSA) is 130 Å². The van der Waals surface area contributed by atoms with Crippen molar-refractivity contribution in [2.45, 2.75) is 19.4 Å². The van der Waals surface area contributed by atoms with Crippen molar-refractivity contribution in [2.75, 3.05) is 21.3 Å². The number of hydrogen-bond donors (Lipinski definition) is 3. The molecule has 0 radical (unpaired) electrons. The summed E-state index contributed by atoms with van der Waals surface area (Å²) in [5, 5.41) is 2.42. The number of amides is 1. The molecular formula is C16H22N4O5. The van der Waals surface area contributed by atoms with Gasteiger partial charge in [-0.3, -0.25) is 10.1 Å². The lowest BCUT2D eigenvalue weighted by atomic mass is 10.1. The molecule has 25 heavy (non-hydrogen) atoms. The largest absolute Gasteiger partial charge is 0.493 e. The molecule has 0 aliphatic carbocycles. The summed E-state index contributed by atoms with van der Waals surface area (Å²) in [5.41, 5.74) is 12.2. The first-order valence-electron chi connectivity index (χ1n) is 7.46. The van der Waals surface area contributed by atoms with E-state index < -0.39 is 18.4 Å². The van der Waals surface area contributed by atoms with Crippen molar-refractivity contribution >= 4 is 17.9 Å². The highest BCUT2D eigenvalue weighted by Crippen LogP contribution is 2.40. The van der Waals surface area contributed by atoms with Gasteiger partial charge in [-0.15, -0.1) is 0 Å². The van der Waals surface area contributed by atoms with E-state index in [1.807, 2.05) is 0 Å². The van der Waals surface area contributed by atoms with Crippen LogP contribution in [0.2, 0.25) is 0 Å².